The molecular weight excluding hydrogens is 314 g/mol. The van der Waals surface area contributed by atoms with Gasteiger partial charge < -0.3 is 15.6 Å². The molecule has 0 aliphatic carbocycles. The van der Waals surface area contributed by atoms with Gasteiger partial charge in [-0.15, -0.1) is 0 Å². The maximum absolute atomic E-state index is 12.7. The molecule has 0 aromatic carbocycles. The zero-order chi connectivity index (χ0) is 17.4. The van der Waals surface area contributed by atoms with Gasteiger partial charge in [-0.1, -0.05) is 0 Å². The van der Waals surface area contributed by atoms with Crippen molar-refractivity contribution in [1.29, 1.82) is 0 Å². The summed E-state index contributed by atoms with van der Waals surface area (Å²) in [5, 5.41) is 1.18. The molecule has 0 atom stereocenters. The van der Waals surface area contributed by atoms with Crippen molar-refractivity contribution >= 4 is 22.8 Å². The molecule has 128 valence electrons. The number of hydrogen-bond acceptors (Lipinski definition) is 4. The summed E-state index contributed by atoms with van der Waals surface area (Å²) < 4.78 is 0. The first kappa shape index (κ1) is 15.6. The third kappa shape index (κ3) is 2.84. The fourth-order valence-corrected chi connectivity index (χ4v) is 3.64. The van der Waals surface area contributed by atoms with Crippen LogP contribution < -0.4 is 5.73 Å². The average Bonchev–Trinajstić information content (AvgIpc) is 3.05. The summed E-state index contributed by atoms with van der Waals surface area (Å²) in [6.45, 7) is 3.32. The molecule has 1 aliphatic heterocycles. The van der Waals surface area contributed by atoms with E-state index in [1.54, 1.807) is 12.3 Å². The first-order valence-corrected chi connectivity index (χ1v) is 8.58. The number of pyridine rings is 2. The standard InChI is InChI=1S/C19H21N5O/c1-12-4-5-15(17(20)23-12)19(25)24-9-6-13(7-10-24)16-11-22-18-14(16)3-2-8-21-18/h2-5,8,11,13H,6-7,9-10H2,1H3,(H2,20,23)(H,21,22). The fourth-order valence-electron chi connectivity index (χ4n) is 3.64. The van der Waals surface area contributed by atoms with Gasteiger partial charge in [0, 0.05) is 36.6 Å². The quantitative estimate of drug-likeness (QED) is 0.754. The Balaban J connectivity index is 1.49. The van der Waals surface area contributed by atoms with E-state index in [0.717, 1.165) is 37.3 Å². The van der Waals surface area contributed by atoms with Gasteiger partial charge >= 0.3 is 0 Å². The number of fused-ring (bicyclic) bond motifs is 1. The number of likely N-dealkylation sites (tertiary alicyclic amines) is 1. The summed E-state index contributed by atoms with van der Waals surface area (Å²) in [5.74, 6) is 0.731. The number of nitrogen functional groups attached to an aromatic ring is 1. The van der Waals surface area contributed by atoms with Gasteiger partial charge in [0.25, 0.3) is 5.91 Å². The number of carbonyl (C=O) groups excluding carboxylic acids is 1. The van der Waals surface area contributed by atoms with Crippen LogP contribution in [0.3, 0.4) is 0 Å². The molecule has 4 rings (SSSR count). The van der Waals surface area contributed by atoms with Crippen molar-refractivity contribution in [3.05, 3.63) is 53.5 Å². The van der Waals surface area contributed by atoms with Crippen LogP contribution in [0.25, 0.3) is 11.0 Å². The molecular formula is C19H21N5O. The minimum Gasteiger partial charge on any atom is -0.383 e. The summed E-state index contributed by atoms with van der Waals surface area (Å²) in [6, 6.07) is 7.67. The Morgan fingerprint density at radius 1 is 1.28 bits per heavy atom. The van der Waals surface area contributed by atoms with E-state index in [2.05, 4.69) is 27.2 Å². The molecule has 4 heterocycles. The number of aromatic amines is 1. The zero-order valence-corrected chi connectivity index (χ0v) is 14.2. The number of carbonyl (C=O) groups is 1. The van der Waals surface area contributed by atoms with Crippen LogP contribution in [0.2, 0.25) is 0 Å². The van der Waals surface area contributed by atoms with Crippen LogP contribution in [0.1, 0.15) is 40.4 Å². The van der Waals surface area contributed by atoms with E-state index < -0.39 is 0 Å². The Kier molecular flexibility index (Phi) is 3.87. The van der Waals surface area contributed by atoms with Crippen molar-refractivity contribution in [3.63, 3.8) is 0 Å². The molecule has 1 amide bonds. The predicted molar refractivity (Wildman–Crippen MR) is 97.4 cm³/mol. The van der Waals surface area contributed by atoms with Crippen LogP contribution in [0.5, 0.6) is 0 Å². The van der Waals surface area contributed by atoms with Gasteiger partial charge in [0.05, 0.1) is 5.56 Å². The number of nitrogens with one attached hydrogen (secondary N) is 1. The normalized spacial score (nSPS) is 15.6. The van der Waals surface area contributed by atoms with Crippen molar-refractivity contribution in [2.75, 3.05) is 18.8 Å². The highest BCUT2D eigenvalue weighted by Gasteiger charge is 2.27. The SMILES string of the molecule is Cc1ccc(C(=O)N2CCC(c3c[nH]c4ncccc34)CC2)c(N)n1. The van der Waals surface area contributed by atoms with E-state index in [0.29, 0.717) is 17.3 Å². The number of nitrogens with zero attached hydrogens (tertiary/aromatic N) is 3. The molecule has 0 spiro atoms. The highest BCUT2D eigenvalue weighted by atomic mass is 16.2. The number of H-pyrrole nitrogens is 1. The second-order valence-electron chi connectivity index (χ2n) is 6.60. The summed E-state index contributed by atoms with van der Waals surface area (Å²) in [6.07, 6.45) is 5.73. The molecule has 0 saturated carbocycles. The topological polar surface area (TPSA) is 87.9 Å². The van der Waals surface area contributed by atoms with Crippen LogP contribution in [0.4, 0.5) is 5.82 Å². The average molecular weight is 335 g/mol. The monoisotopic (exact) mass is 335 g/mol. The Bertz CT molecular complexity index is 924. The smallest absolute Gasteiger partial charge is 0.257 e. The molecule has 0 bridgehead atoms. The van der Waals surface area contributed by atoms with Crippen molar-refractivity contribution in [2.45, 2.75) is 25.7 Å². The van der Waals surface area contributed by atoms with Crippen molar-refractivity contribution < 1.29 is 4.79 Å². The molecule has 0 unspecified atom stereocenters. The van der Waals surface area contributed by atoms with Crippen LogP contribution in [0, 0.1) is 6.92 Å². The molecule has 3 aromatic heterocycles. The van der Waals surface area contributed by atoms with Crippen molar-refractivity contribution in [1.82, 2.24) is 19.9 Å². The first-order chi connectivity index (χ1) is 12.1. The van der Waals surface area contributed by atoms with E-state index >= 15 is 0 Å². The molecule has 0 radical (unpaired) electrons. The van der Waals surface area contributed by atoms with Crippen LogP contribution in [0.15, 0.2) is 36.7 Å². The summed E-state index contributed by atoms with van der Waals surface area (Å²) >= 11 is 0. The maximum Gasteiger partial charge on any atom is 0.257 e. The van der Waals surface area contributed by atoms with Gasteiger partial charge in [-0.3, -0.25) is 4.79 Å². The second kappa shape index (κ2) is 6.20. The lowest BCUT2D eigenvalue weighted by molar-refractivity contribution is 0.0714. The van der Waals surface area contributed by atoms with Gasteiger partial charge in [0.2, 0.25) is 0 Å². The molecule has 1 fully saturated rings. The largest absolute Gasteiger partial charge is 0.383 e. The third-order valence-electron chi connectivity index (χ3n) is 5.00. The molecule has 25 heavy (non-hydrogen) atoms. The molecule has 3 N–H and O–H groups in total. The molecule has 6 nitrogen and oxygen atoms in total. The lowest BCUT2D eigenvalue weighted by Gasteiger charge is -2.32. The van der Waals surface area contributed by atoms with Crippen LogP contribution in [-0.4, -0.2) is 38.8 Å². The summed E-state index contributed by atoms with van der Waals surface area (Å²) in [7, 11) is 0. The van der Waals surface area contributed by atoms with Gasteiger partial charge in [0.1, 0.15) is 11.5 Å². The zero-order valence-electron chi connectivity index (χ0n) is 14.2. The fraction of sp³-hybridized carbons (Fsp3) is 0.316. The Morgan fingerprint density at radius 3 is 2.84 bits per heavy atom. The number of piperidine rings is 1. The highest BCUT2D eigenvalue weighted by Crippen LogP contribution is 2.33. The van der Waals surface area contributed by atoms with Gasteiger partial charge in [-0.25, -0.2) is 9.97 Å². The van der Waals surface area contributed by atoms with E-state index in [9.17, 15) is 4.79 Å². The maximum atomic E-state index is 12.7. The summed E-state index contributed by atoms with van der Waals surface area (Å²) in [5.41, 5.74) is 9.47. The van der Waals surface area contributed by atoms with Crippen molar-refractivity contribution in [3.8, 4) is 0 Å². The Hall–Kier alpha value is -2.89. The van der Waals surface area contributed by atoms with Gasteiger partial charge in [-0.05, 0) is 55.5 Å². The predicted octanol–water partition coefficient (Wildman–Crippen LogP) is 2.87. The number of hydrogen-bond donors (Lipinski definition) is 2. The van der Waals surface area contributed by atoms with Crippen LogP contribution >= 0.6 is 0 Å². The van der Waals surface area contributed by atoms with E-state index in [1.807, 2.05) is 24.0 Å². The van der Waals surface area contributed by atoms with Crippen molar-refractivity contribution in [2.24, 2.45) is 0 Å². The number of amides is 1. The van der Waals surface area contributed by atoms with Crippen LogP contribution in [-0.2, 0) is 0 Å². The highest BCUT2D eigenvalue weighted by molar-refractivity contribution is 5.98. The van der Waals surface area contributed by atoms with E-state index in [1.165, 1.54) is 10.9 Å². The lowest BCUT2D eigenvalue weighted by atomic mass is 9.89. The Morgan fingerprint density at radius 2 is 2.08 bits per heavy atom. The lowest BCUT2D eigenvalue weighted by Crippen LogP contribution is -2.38. The minimum atomic E-state index is -0.0240. The molecule has 1 aliphatic rings. The number of aryl methyl sites for hydroxylation is 1. The van der Waals surface area contributed by atoms with E-state index in [4.69, 9.17) is 5.73 Å². The second-order valence-corrected chi connectivity index (χ2v) is 6.60. The summed E-state index contributed by atoms with van der Waals surface area (Å²) in [4.78, 5) is 26.4. The number of anilines is 1. The van der Waals surface area contributed by atoms with E-state index in [-0.39, 0.29) is 5.91 Å². The number of rotatable bonds is 2. The molecule has 6 heteroatoms. The Labute approximate surface area is 146 Å². The molecule has 3 aromatic rings. The number of aromatic nitrogens is 3. The first-order valence-electron chi connectivity index (χ1n) is 8.58. The van der Waals surface area contributed by atoms with Gasteiger partial charge in [-0.2, -0.15) is 0 Å². The molecule has 1 saturated heterocycles. The van der Waals surface area contributed by atoms with Gasteiger partial charge in [0.15, 0.2) is 0 Å². The minimum absolute atomic E-state index is 0.0240. The number of nitrogens with two attached hydrogens (primary N) is 1. The third-order valence-corrected chi connectivity index (χ3v) is 5.00.